The lowest BCUT2D eigenvalue weighted by Crippen LogP contribution is -2.48. The summed E-state index contributed by atoms with van der Waals surface area (Å²) in [6.07, 6.45) is 7.21. The van der Waals surface area contributed by atoms with Crippen molar-refractivity contribution >= 4 is 11.8 Å². The summed E-state index contributed by atoms with van der Waals surface area (Å²) in [7, 11) is 0. The lowest BCUT2D eigenvalue weighted by Gasteiger charge is -2.33. The summed E-state index contributed by atoms with van der Waals surface area (Å²) in [6.45, 7) is 0. The predicted octanol–water partition coefficient (Wildman–Crippen LogP) is 1.78. The molecule has 0 bridgehead atoms. The van der Waals surface area contributed by atoms with Gasteiger partial charge < -0.3 is 10.4 Å². The highest BCUT2D eigenvalue weighted by Gasteiger charge is 2.25. The van der Waals surface area contributed by atoms with Crippen molar-refractivity contribution in [3.05, 3.63) is 0 Å². The van der Waals surface area contributed by atoms with Gasteiger partial charge in [-0.2, -0.15) is 11.8 Å². The Morgan fingerprint density at radius 3 is 2.64 bits per heavy atom. The van der Waals surface area contributed by atoms with Crippen LogP contribution in [0.15, 0.2) is 0 Å². The Labute approximate surface area is 90.8 Å². The van der Waals surface area contributed by atoms with Gasteiger partial charge in [-0.05, 0) is 31.4 Å². The molecule has 0 aromatic heterocycles. The Bertz CT molecular complexity index is 171. The minimum absolute atomic E-state index is 0.0873. The molecule has 82 valence electrons. The molecule has 14 heavy (non-hydrogen) atoms. The standard InChI is InChI=1S/C11H21NOS/c13-11-6-2-1-5-10(11)12-9-4-3-7-14-8-9/h9-13H,1-8H2. The van der Waals surface area contributed by atoms with Crippen molar-refractivity contribution in [2.75, 3.05) is 11.5 Å². The van der Waals surface area contributed by atoms with Crippen LogP contribution in [0.2, 0.25) is 0 Å². The van der Waals surface area contributed by atoms with Crippen LogP contribution in [0.3, 0.4) is 0 Å². The van der Waals surface area contributed by atoms with E-state index in [4.69, 9.17) is 0 Å². The van der Waals surface area contributed by atoms with E-state index in [0.717, 1.165) is 6.42 Å². The van der Waals surface area contributed by atoms with E-state index in [1.165, 1.54) is 43.6 Å². The van der Waals surface area contributed by atoms with Crippen LogP contribution in [-0.2, 0) is 0 Å². The molecule has 0 aromatic rings. The summed E-state index contributed by atoms with van der Waals surface area (Å²) in [5.41, 5.74) is 0. The fraction of sp³-hybridized carbons (Fsp3) is 1.00. The molecule has 3 heteroatoms. The average molecular weight is 215 g/mol. The molecular weight excluding hydrogens is 194 g/mol. The topological polar surface area (TPSA) is 32.3 Å². The molecule has 2 rings (SSSR count). The van der Waals surface area contributed by atoms with Crippen molar-refractivity contribution in [3.63, 3.8) is 0 Å². The third-order valence-corrected chi connectivity index (χ3v) is 4.55. The van der Waals surface area contributed by atoms with Crippen LogP contribution in [0.1, 0.15) is 38.5 Å². The van der Waals surface area contributed by atoms with Gasteiger partial charge in [0.05, 0.1) is 6.10 Å². The Balaban J connectivity index is 1.76. The molecule has 1 heterocycles. The molecule has 2 N–H and O–H groups in total. The van der Waals surface area contributed by atoms with Crippen LogP contribution < -0.4 is 5.32 Å². The molecule has 0 spiro atoms. The van der Waals surface area contributed by atoms with Gasteiger partial charge in [-0.1, -0.05) is 12.8 Å². The smallest absolute Gasteiger partial charge is 0.0693 e. The lowest BCUT2D eigenvalue weighted by molar-refractivity contribution is 0.0855. The SMILES string of the molecule is OC1CCCCC1NC1CCCSC1. The molecule has 2 aliphatic rings. The average Bonchev–Trinajstić information content (AvgIpc) is 2.23. The van der Waals surface area contributed by atoms with Crippen LogP contribution in [0.4, 0.5) is 0 Å². The van der Waals surface area contributed by atoms with Crippen molar-refractivity contribution in [3.8, 4) is 0 Å². The first-order valence-corrected chi connectivity index (χ1v) is 7.03. The number of thioether (sulfide) groups is 1. The van der Waals surface area contributed by atoms with E-state index in [0.29, 0.717) is 12.1 Å². The molecule has 0 amide bonds. The number of hydrogen-bond donors (Lipinski definition) is 2. The van der Waals surface area contributed by atoms with Crippen molar-refractivity contribution in [1.29, 1.82) is 0 Å². The number of nitrogens with one attached hydrogen (secondary N) is 1. The first-order valence-electron chi connectivity index (χ1n) is 5.88. The monoisotopic (exact) mass is 215 g/mol. The van der Waals surface area contributed by atoms with Gasteiger partial charge >= 0.3 is 0 Å². The molecule has 3 atom stereocenters. The van der Waals surface area contributed by atoms with E-state index in [1.54, 1.807) is 0 Å². The third-order valence-electron chi connectivity index (χ3n) is 3.34. The molecule has 1 saturated carbocycles. The molecule has 1 aliphatic heterocycles. The van der Waals surface area contributed by atoms with E-state index in [2.05, 4.69) is 5.32 Å². The zero-order valence-corrected chi connectivity index (χ0v) is 9.56. The predicted molar refractivity (Wildman–Crippen MR) is 61.7 cm³/mol. The Kier molecular flexibility index (Phi) is 4.14. The summed E-state index contributed by atoms with van der Waals surface area (Å²) >= 11 is 2.05. The Morgan fingerprint density at radius 1 is 1.07 bits per heavy atom. The second kappa shape index (κ2) is 5.38. The lowest BCUT2D eigenvalue weighted by atomic mass is 9.92. The maximum Gasteiger partial charge on any atom is 0.0693 e. The van der Waals surface area contributed by atoms with Gasteiger partial charge in [0.2, 0.25) is 0 Å². The largest absolute Gasteiger partial charge is 0.392 e. The highest BCUT2D eigenvalue weighted by Crippen LogP contribution is 2.22. The first-order chi connectivity index (χ1) is 6.86. The fourth-order valence-electron chi connectivity index (χ4n) is 2.48. The molecule has 2 fully saturated rings. The summed E-state index contributed by atoms with van der Waals surface area (Å²) in [5, 5.41) is 13.5. The fourth-order valence-corrected chi connectivity index (χ4v) is 3.57. The van der Waals surface area contributed by atoms with Gasteiger partial charge in [-0.3, -0.25) is 0 Å². The van der Waals surface area contributed by atoms with Gasteiger partial charge in [-0.15, -0.1) is 0 Å². The Hall–Kier alpha value is 0.270. The van der Waals surface area contributed by atoms with Crippen molar-refractivity contribution in [1.82, 2.24) is 5.32 Å². The maximum absolute atomic E-state index is 9.83. The van der Waals surface area contributed by atoms with E-state index in [9.17, 15) is 5.11 Å². The van der Waals surface area contributed by atoms with Crippen LogP contribution >= 0.6 is 11.8 Å². The van der Waals surface area contributed by atoms with E-state index in [-0.39, 0.29) is 6.10 Å². The zero-order chi connectivity index (χ0) is 9.80. The highest BCUT2D eigenvalue weighted by molar-refractivity contribution is 7.99. The normalized spacial score (nSPS) is 39.6. The molecule has 0 radical (unpaired) electrons. The quantitative estimate of drug-likeness (QED) is 0.736. The Morgan fingerprint density at radius 2 is 1.93 bits per heavy atom. The van der Waals surface area contributed by atoms with Crippen LogP contribution in [0, 0.1) is 0 Å². The van der Waals surface area contributed by atoms with E-state index in [1.807, 2.05) is 11.8 Å². The number of rotatable bonds is 2. The zero-order valence-electron chi connectivity index (χ0n) is 8.74. The number of aliphatic hydroxyl groups excluding tert-OH is 1. The summed E-state index contributed by atoms with van der Waals surface area (Å²) < 4.78 is 0. The van der Waals surface area contributed by atoms with Gasteiger partial charge in [0, 0.05) is 17.8 Å². The van der Waals surface area contributed by atoms with Crippen molar-refractivity contribution in [2.45, 2.75) is 56.7 Å². The van der Waals surface area contributed by atoms with Gasteiger partial charge in [0.1, 0.15) is 0 Å². The number of hydrogen-bond acceptors (Lipinski definition) is 3. The summed E-state index contributed by atoms with van der Waals surface area (Å²) in [4.78, 5) is 0. The second-order valence-electron chi connectivity index (χ2n) is 4.54. The minimum atomic E-state index is -0.0873. The van der Waals surface area contributed by atoms with Gasteiger partial charge in [-0.25, -0.2) is 0 Å². The molecule has 1 aliphatic carbocycles. The van der Waals surface area contributed by atoms with Gasteiger partial charge in [0.15, 0.2) is 0 Å². The second-order valence-corrected chi connectivity index (χ2v) is 5.69. The van der Waals surface area contributed by atoms with Crippen LogP contribution in [0.25, 0.3) is 0 Å². The first kappa shape index (κ1) is 10.8. The number of aliphatic hydroxyl groups is 1. The molecule has 0 aromatic carbocycles. The van der Waals surface area contributed by atoms with Crippen LogP contribution in [-0.4, -0.2) is 34.8 Å². The van der Waals surface area contributed by atoms with Crippen LogP contribution in [0.5, 0.6) is 0 Å². The third kappa shape index (κ3) is 2.88. The minimum Gasteiger partial charge on any atom is -0.392 e. The molecular formula is C11H21NOS. The highest BCUT2D eigenvalue weighted by atomic mass is 32.2. The molecule has 2 nitrogen and oxygen atoms in total. The molecule has 3 unspecified atom stereocenters. The van der Waals surface area contributed by atoms with Crippen molar-refractivity contribution < 1.29 is 5.11 Å². The van der Waals surface area contributed by atoms with Crippen molar-refractivity contribution in [2.24, 2.45) is 0 Å². The maximum atomic E-state index is 9.83. The summed E-state index contributed by atoms with van der Waals surface area (Å²) in [6, 6.07) is 1.04. The summed E-state index contributed by atoms with van der Waals surface area (Å²) in [5.74, 6) is 2.56. The van der Waals surface area contributed by atoms with E-state index >= 15 is 0 Å². The van der Waals surface area contributed by atoms with E-state index < -0.39 is 0 Å². The molecule has 1 saturated heterocycles. The van der Waals surface area contributed by atoms with Gasteiger partial charge in [0.25, 0.3) is 0 Å².